The van der Waals surface area contributed by atoms with E-state index in [4.69, 9.17) is 0 Å². The summed E-state index contributed by atoms with van der Waals surface area (Å²) >= 11 is 0. The number of methoxy groups -OCH3 is 1. The maximum Gasteiger partial charge on any atom is 0.309 e. The van der Waals surface area contributed by atoms with Crippen molar-refractivity contribution in [2.75, 3.05) is 7.11 Å². The summed E-state index contributed by atoms with van der Waals surface area (Å²) < 4.78 is 56.0. The largest absolute Gasteiger partial charge is 0.469 e. The highest BCUT2D eigenvalue weighted by Crippen LogP contribution is 2.20. The van der Waals surface area contributed by atoms with Gasteiger partial charge in [-0.3, -0.25) is 4.79 Å². The molecule has 0 fully saturated rings. The summed E-state index contributed by atoms with van der Waals surface area (Å²) in [6.45, 7) is 0. The number of rotatable bonds is 3. The molecule has 92 valence electrons. The third kappa shape index (κ3) is 3.05. The van der Waals surface area contributed by atoms with E-state index < -0.39 is 34.8 Å². The molecule has 0 aromatic heterocycles. The van der Waals surface area contributed by atoms with Gasteiger partial charge in [-0.1, -0.05) is 12.2 Å². The second kappa shape index (κ2) is 5.47. The summed E-state index contributed by atoms with van der Waals surface area (Å²) in [4.78, 5) is 10.7. The lowest BCUT2D eigenvalue weighted by molar-refractivity contribution is -0.139. The van der Waals surface area contributed by atoms with Crippen LogP contribution in [0.25, 0.3) is 6.08 Å². The quantitative estimate of drug-likeness (QED) is 0.467. The number of halogens is 4. The molecular weight excluding hydrogens is 240 g/mol. The molecule has 0 unspecified atom stereocenters. The van der Waals surface area contributed by atoms with Crippen LogP contribution in [0.5, 0.6) is 0 Å². The molecule has 0 heterocycles. The minimum Gasteiger partial charge on any atom is -0.469 e. The molecular formula is C11H8F4O2. The van der Waals surface area contributed by atoms with Crippen LogP contribution in [0.15, 0.2) is 12.1 Å². The van der Waals surface area contributed by atoms with Crippen LogP contribution >= 0.6 is 0 Å². The second-order valence-corrected chi connectivity index (χ2v) is 3.06. The normalized spacial score (nSPS) is 10.9. The van der Waals surface area contributed by atoms with E-state index in [-0.39, 0.29) is 12.5 Å². The zero-order valence-electron chi connectivity index (χ0n) is 8.77. The topological polar surface area (TPSA) is 26.3 Å². The van der Waals surface area contributed by atoms with E-state index in [0.29, 0.717) is 0 Å². The van der Waals surface area contributed by atoms with Crippen molar-refractivity contribution in [2.24, 2.45) is 0 Å². The average Bonchev–Trinajstić information content (AvgIpc) is 2.30. The van der Waals surface area contributed by atoms with Gasteiger partial charge in [0, 0.05) is 6.07 Å². The van der Waals surface area contributed by atoms with E-state index >= 15 is 0 Å². The Bertz CT molecular complexity index is 443. The van der Waals surface area contributed by atoms with Crippen molar-refractivity contribution in [1.29, 1.82) is 0 Å². The first kappa shape index (κ1) is 13.2. The summed E-state index contributed by atoms with van der Waals surface area (Å²) in [6, 6.07) is 0.113. The summed E-state index contributed by atoms with van der Waals surface area (Å²) in [6.07, 6.45) is 1.58. The Hall–Kier alpha value is -1.85. The highest BCUT2D eigenvalue weighted by molar-refractivity contribution is 5.72. The fourth-order valence-corrected chi connectivity index (χ4v) is 1.09. The Kier molecular flexibility index (Phi) is 4.25. The van der Waals surface area contributed by atoms with Gasteiger partial charge in [-0.15, -0.1) is 0 Å². The number of hydrogen-bond donors (Lipinski definition) is 0. The van der Waals surface area contributed by atoms with E-state index in [1.807, 2.05) is 0 Å². The van der Waals surface area contributed by atoms with Gasteiger partial charge >= 0.3 is 5.97 Å². The monoisotopic (exact) mass is 248 g/mol. The van der Waals surface area contributed by atoms with Crippen LogP contribution in [0.3, 0.4) is 0 Å². The van der Waals surface area contributed by atoms with Crippen LogP contribution in [-0.2, 0) is 9.53 Å². The molecule has 6 heteroatoms. The summed E-state index contributed by atoms with van der Waals surface area (Å²) in [7, 11) is 1.14. The molecule has 0 radical (unpaired) electrons. The third-order valence-electron chi connectivity index (χ3n) is 1.94. The van der Waals surface area contributed by atoms with Crippen LogP contribution in [0.1, 0.15) is 12.0 Å². The standard InChI is InChI=1S/C11H8F4O2/c1-17-9(16)4-2-3-6-10(14)7(12)5-8(13)11(6)15/h2-3,5H,4H2,1H3. The number of esters is 1. The van der Waals surface area contributed by atoms with Gasteiger partial charge in [0.1, 0.15) is 0 Å². The van der Waals surface area contributed by atoms with Crippen molar-refractivity contribution in [1.82, 2.24) is 0 Å². The van der Waals surface area contributed by atoms with E-state index in [2.05, 4.69) is 4.74 Å². The molecule has 0 amide bonds. The van der Waals surface area contributed by atoms with Crippen LogP contribution in [0.2, 0.25) is 0 Å². The van der Waals surface area contributed by atoms with Gasteiger partial charge in [-0.2, -0.15) is 0 Å². The molecule has 2 nitrogen and oxygen atoms in total. The Labute approximate surface area is 94.5 Å². The highest BCUT2D eigenvalue weighted by atomic mass is 19.2. The van der Waals surface area contributed by atoms with Gasteiger partial charge in [0.15, 0.2) is 23.3 Å². The smallest absolute Gasteiger partial charge is 0.309 e. The Morgan fingerprint density at radius 1 is 1.24 bits per heavy atom. The van der Waals surface area contributed by atoms with Crippen molar-refractivity contribution >= 4 is 12.0 Å². The zero-order chi connectivity index (χ0) is 13.0. The molecule has 0 saturated heterocycles. The van der Waals surface area contributed by atoms with Gasteiger partial charge in [0.2, 0.25) is 0 Å². The van der Waals surface area contributed by atoms with Gasteiger partial charge in [0.25, 0.3) is 0 Å². The first-order valence-corrected chi connectivity index (χ1v) is 4.53. The van der Waals surface area contributed by atoms with Crippen LogP contribution in [0.4, 0.5) is 17.6 Å². The molecule has 0 atom stereocenters. The molecule has 0 N–H and O–H groups in total. The predicted octanol–water partition coefficient (Wildman–Crippen LogP) is 2.82. The molecule has 1 aromatic carbocycles. The first-order chi connectivity index (χ1) is 7.97. The predicted molar refractivity (Wildman–Crippen MR) is 51.9 cm³/mol. The van der Waals surface area contributed by atoms with Crippen LogP contribution in [-0.4, -0.2) is 13.1 Å². The van der Waals surface area contributed by atoms with Crippen LogP contribution < -0.4 is 0 Å². The molecule has 1 rings (SSSR count). The molecule has 17 heavy (non-hydrogen) atoms. The van der Waals surface area contributed by atoms with E-state index in [1.165, 1.54) is 0 Å². The highest BCUT2D eigenvalue weighted by Gasteiger charge is 2.16. The number of ether oxygens (including phenoxy) is 1. The van der Waals surface area contributed by atoms with E-state index in [1.54, 1.807) is 0 Å². The van der Waals surface area contributed by atoms with Crippen molar-refractivity contribution < 1.29 is 27.1 Å². The molecule has 0 saturated carbocycles. The molecule has 0 aliphatic rings. The van der Waals surface area contributed by atoms with Gasteiger partial charge in [-0.25, -0.2) is 17.6 Å². The Balaban J connectivity index is 3.02. The number of carbonyl (C=O) groups is 1. The summed E-state index contributed by atoms with van der Waals surface area (Å²) in [5, 5.41) is 0. The maximum atomic E-state index is 13.1. The number of hydrogen-bond acceptors (Lipinski definition) is 2. The second-order valence-electron chi connectivity index (χ2n) is 3.06. The summed E-state index contributed by atoms with van der Waals surface area (Å²) in [5.41, 5.74) is -0.869. The van der Waals surface area contributed by atoms with Crippen LogP contribution in [0, 0.1) is 23.3 Å². The first-order valence-electron chi connectivity index (χ1n) is 4.53. The number of benzene rings is 1. The fourth-order valence-electron chi connectivity index (χ4n) is 1.09. The zero-order valence-corrected chi connectivity index (χ0v) is 8.77. The lowest BCUT2D eigenvalue weighted by Gasteiger charge is -2.02. The lowest BCUT2D eigenvalue weighted by atomic mass is 10.1. The molecule has 0 aliphatic heterocycles. The van der Waals surface area contributed by atoms with Gasteiger partial charge in [0.05, 0.1) is 19.1 Å². The molecule has 0 bridgehead atoms. The molecule has 1 aromatic rings. The minimum atomic E-state index is -1.51. The maximum absolute atomic E-state index is 13.1. The Morgan fingerprint density at radius 2 is 1.76 bits per heavy atom. The van der Waals surface area contributed by atoms with Crippen molar-refractivity contribution in [3.63, 3.8) is 0 Å². The number of carbonyl (C=O) groups excluding carboxylic acids is 1. The minimum absolute atomic E-state index is 0.113. The Morgan fingerprint density at radius 3 is 2.24 bits per heavy atom. The van der Waals surface area contributed by atoms with Gasteiger partial charge in [-0.05, 0) is 0 Å². The fraction of sp³-hybridized carbons (Fsp3) is 0.182. The van der Waals surface area contributed by atoms with Crippen molar-refractivity contribution in [2.45, 2.75) is 6.42 Å². The molecule has 0 aliphatic carbocycles. The average molecular weight is 248 g/mol. The van der Waals surface area contributed by atoms with Gasteiger partial charge < -0.3 is 4.74 Å². The lowest BCUT2D eigenvalue weighted by Crippen LogP contribution is -1.99. The van der Waals surface area contributed by atoms with E-state index in [9.17, 15) is 22.4 Å². The SMILES string of the molecule is COC(=O)CC=Cc1c(F)c(F)cc(F)c1F. The van der Waals surface area contributed by atoms with E-state index in [0.717, 1.165) is 19.3 Å². The summed E-state index contributed by atoms with van der Waals surface area (Å²) in [5.74, 6) is -6.66. The van der Waals surface area contributed by atoms with Crippen molar-refractivity contribution in [3.05, 3.63) is 41.0 Å². The molecule has 0 spiro atoms. The third-order valence-corrected chi connectivity index (χ3v) is 1.94. The van der Waals surface area contributed by atoms with Crippen molar-refractivity contribution in [3.8, 4) is 0 Å².